The van der Waals surface area contributed by atoms with Gasteiger partial charge in [-0.05, 0) is 49.5 Å². The van der Waals surface area contributed by atoms with Gasteiger partial charge < -0.3 is 15.0 Å². The van der Waals surface area contributed by atoms with E-state index < -0.39 is 0 Å². The SMILES string of the molecule is COc1cccc(C(CNCc2cccc(C#N)c2)N(C)C)c1. The van der Waals surface area contributed by atoms with Crippen LogP contribution in [0.2, 0.25) is 0 Å². The summed E-state index contributed by atoms with van der Waals surface area (Å²) in [5.74, 6) is 0.871. The fraction of sp³-hybridized carbons (Fsp3) is 0.316. The van der Waals surface area contributed by atoms with E-state index in [1.54, 1.807) is 7.11 Å². The molecule has 1 unspecified atom stereocenters. The molecule has 23 heavy (non-hydrogen) atoms. The number of hydrogen-bond donors (Lipinski definition) is 1. The standard InChI is InChI=1S/C19H23N3O/c1-22(2)19(17-8-5-9-18(11-17)23-3)14-21-13-16-7-4-6-15(10-16)12-20/h4-11,19,21H,13-14H2,1-3H3. The summed E-state index contributed by atoms with van der Waals surface area (Å²) in [6, 6.07) is 18.3. The highest BCUT2D eigenvalue weighted by Gasteiger charge is 2.14. The molecule has 0 spiro atoms. The lowest BCUT2D eigenvalue weighted by Crippen LogP contribution is -2.30. The van der Waals surface area contributed by atoms with E-state index >= 15 is 0 Å². The van der Waals surface area contributed by atoms with Gasteiger partial charge in [-0.25, -0.2) is 0 Å². The maximum atomic E-state index is 8.96. The maximum absolute atomic E-state index is 8.96. The second-order valence-corrected chi connectivity index (χ2v) is 5.70. The number of benzene rings is 2. The van der Waals surface area contributed by atoms with Gasteiger partial charge in [0, 0.05) is 19.1 Å². The largest absolute Gasteiger partial charge is 0.497 e. The lowest BCUT2D eigenvalue weighted by atomic mass is 10.1. The summed E-state index contributed by atoms with van der Waals surface area (Å²) in [5, 5.41) is 12.4. The minimum Gasteiger partial charge on any atom is -0.497 e. The van der Waals surface area contributed by atoms with E-state index in [0.717, 1.165) is 24.4 Å². The van der Waals surface area contributed by atoms with E-state index in [-0.39, 0.29) is 6.04 Å². The number of nitrogens with zero attached hydrogens (tertiary/aromatic N) is 2. The number of nitriles is 1. The van der Waals surface area contributed by atoms with Gasteiger partial charge in [0.25, 0.3) is 0 Å². The number of likely N-dealkylation sites (N-methyl/N-ethyl adjacent to an activating group) is 1. The topological polar surface area (TPSA) is 48.3 Å². The first-order valence-corrected chi connectivity index (χ1v) is 7.64. The highest BCUT2D eigenvalue weighted by Crippen LogP contribution is 2.22. The molecular weight excluding hydrogens is 286 g/mol. The van der Waals surface area contributed by atoms with Crippen LogP contribution in [-0.2, 0) is 6.54 Å². The predicted molar refractivity (Wildman–Crippen MR) is 92.3 cm³/mol. The van der Waals surface area contributed by atoms with Gasteiger partial charge in [0.15, 0.2) is 0 Å². The number of hydrogen-bond acceptors (Lipinski definition) is 4. The average molecular weight is 309 g/mol. The van der Waals surface area contributed by atoms with Crippen molar-refractivity contribution >= 4 is 0 Å². The molecule has 0 aliphatic heterocycles. The summed E-state index contributed by atoms with van der Waals surface area (Å²) < 4.78 is 5.31. The van der Waals surface area contributed by atoms with Gasteiger partial charge >= 0.3 is 0 Å². The summed E-state index contributed by atoms with van der Waals surface area (Å²) >= 11 is 0. The normalized spacial score (nSPS) is 12.0. The van der Waals surface area contributed by atoms with Crippen molar-refractivity contribution < 1.29 is 4.74 Å². The number of ether oxygens (including phenoxy) is 1. The third-order valence-corrected chi connectivity index (χ3v) is 3.82. The van der Waals surface area contributed by atoms with Crippen molar-refractivity contribution in [2.75, 3.05) is 27.7 Å². The Balaban J connectivity index is 2.01. The molecule has 0 aliphatic carbocycles. The zero-order valence-corrected chi connectivity index (χ0v) is 13.9. The molecule has 120 valence electrons. The van der Waals surface area contributed by atoms with E-state index in [0.29, 0.717) is 5.56 Å². The summed E-state index contributed by atoms with van der Waals surface area (Å²) in [5.41, 5.74) is 3.03. The van der Waals surface area contributed by atoms with Crippen LogP contribution in [0.15, 0.2) is 48.5 Å². The van der Waals surface area contributed by atoms with E-state index in [2.05, 4.69) is 42.5 Å². The smallest absolute Gasteiger partial charge is 0.119 e. The molecule has 2 aromatic carbocycles. The first-order valence-electron chi connectivity index (χ1n) is 7.64. The molecule has 0 amide bonds. The summed E-state index contributed by atoms with van der Waals surface area (Å²) in [6.45, 7) is 1.56. The Labute approximate surface area is 138 Å². The first-order chi connectivity index (χ1) is 11.1. The van der Waals surface area contributed by atoms with E-state index in [9.17, 15) is 0 Å². The van der Waals surface area contributed by atoms with Gasteiger partial charge in [-0.15, -0.1) is 0 Å². The van der Waals surface area contributed by atoms with Crippen LogP contribution in [-0.4, -0.2) is 32.6 Å². The van der Waals surface area contributed by atoms with Crippen LogP contribution in [0.3, 0.4) is 0 Å². The molecule has 0 fully saturated rings. The third-order valence-electron chi connectivity index (χ3n) is 3.82. The van der Waals surface area contributed by atoms with Gasteiger partial charge in [-0.3, -0.25) is 0 Å². The van der Waals surface area contributed by atoms with Gasteiger partial charge in [-0.2, -0.15) is 5.26 Å². The van der Waals surface area contributed by atoms with Gasteiger partial charge in [0.1, 0.15) is 5.75 Å². The van der Waals surface area contributed by atoms with Crippen LogP contribution in [0.4, 0.5) is 0 Å². The predicted octanol–water partition coefficient (Wildman–Crippen LogP) is 2.96. The lowest BCUT2D eigenvalue weighted by Gasteiger charge is -2.25. The fourth-order valence-electron chi connectivity index (χ4n) is 2.55. The van der Waals surface area contributed by atoms with Crippen molar-refractivity contribution in [3.63, 3.8) is 0 Å². The highest BCUT2D eigenvalue weighted by atomic mass is 16.5. The Morgan fingerprint density at radius 2 is 1.96 bits per heavy atom. The van der Waals surface area contributed by atoms with Crippen LogP contribution in [0.25, 0.3) is 0 Å². The van der Waals surface area contributed by atoms with Crippen LogP contribution in [0, 0.1) is 11.3 Å². The van der Waals surface area contributed by atoms with Gasteiger partial charge in [-0.1, -0.05) is 24.3 Å². The molecule has 0 saturated carbocycles. The fourth-order valence-corrected chi connectivity index (χ4v) is 2.55. The zero-order valence-electron chi connectivity index (χ0n) is 13.9. The van der Waals surface area contributed by atoms with Gasteiger partial charge in [0.05, 0.1) is 18.7 Å². The van der Waals surface area contributed by atoms with Crippen molar-refractivity contribution in [1.29, 1.82) is 5.26 Å². The lowest BCUT2D eigenvalue weighted by molar-refractivity contribution is 0.287. The molecule has 2 aromatic rings. The monoisotopic (exact) mass is 309 g/mol. The molecule has 0 aromatic heterocycles. The minimum atomic E-state index is 0.254. The van der Waals surface area contributed by atoms with Crippen molar-refractivity contribution in [2.45, 2.75) is 12.6 Å². The number of methoxy groups -OCH3 is 1. The molecule has 0 radical (unpaired) electrons. The van der Waals surface area contributed by atoms with Crippen LogP contribution >= 0.6 is 0 Å². The summed E-state index contributed by atoms with van der Waals surface area (Å²) in [4.78, 5) is 2.19. The second-order valence-electron chi connectivity index (χ2n) is 5.70. The second kappa shape index (κ2) is 8.33. The molecule has 1 atom stereocenters. The average Bonchev–Trinajstić information content (AvgIpc) is 2.58. The Morgan fingerprint density at radius 3 is 2.65 bits per heavy atom. The Hall–Kier alpha value is -2.35. The molecule has 0 bridgehead atoms. The molecule has 4 heteroatoms. The zero-order chi connectivity index (χ0) is 16.7. The number of rotatable bonds is 7. The Kier molecular flexibility index (Phi) is 6.16. The Morgan fingerprint density at radius 1 is 1.17 bits per heavy atom. The maximum Gasteiger partial charge on any atom is 0.119 e. The number of nitrogens with one attached hydrogen (secondary N) is 1. The van der Waals surface area contributed by atoms with Gasteiger partial charge in [0.2, 0.25) is 0 Å². The van der Waals surface area contributed by atoms with Crippen LogP contribution in [0.5, 0.6) is 5.75 Å². The molecule has 4 nitrogen and oxygen atoms in total. The van der Waals surface area contributed by atoms with E-state index in [1.807, 2.05) is 36.4 Å². The molecule has 0 aliphatic rings. The first kappa shape index (κ1) is 17.0. The summed E-state index contributed by atoms with van der Waals surface area (Å²) in [7, 11) is 5.83. The molecular formula is C19H23N3O. The van der Waals surface area contributed by atoms with Crippen molar-refractivity contribution in [3.8, 4) is 11.8 Å². The molecule has 0 saturated heterocycles. The van der Waals surface area contributed by atoms with Crippen molar-refractivity contribution in [1.82, 2.24) is 10.2 Å². The van der Waals surface area contributed by atoms with Crippen LogP contribution in [0.1, 0.15) is 22.7 Å². The van der Waals surface area contributed by atoms with Crippen LogP contribution < -0.4 is 10.1 Å². The molecule has 2 rings (SSSR count). The van der Waals surface area contributed by atoms with Crippen molar-refractivity contribution in [3.05, 3.63) is 65.2 Å². The summed E-state index contributed by atoms with van der Waals surface area (Å²) in [6.07, 6.45) is 0. The third kappa shape index (κ3) is 4.82. The minimum absolute atomic E-state index is 0.254. The van der Waals surface area contributed by atoms with Crippen molar-refractivity contribution in [2.24, 2.45) is 0 Å². The molecule has 1 N–H and O–H groups in total. The van der Waals surface area contributed by atoms with E-state index in [1.165, 1.54) is 5.56 Å². The quantitative estimate of drug-likeness (QED) is 0.854. The van der Waals surface area contributed by atoms with E-state index in [4.69, 9.17) is 10.00 Å². The Bertz CT molecular complexity index is 676. The highest BCUT2D eigenvalue weighted by molar-refractivity contribution is 5.33. The molecule has 0 heterocycles.